The first-order valence-corrected chi connectivity index (χ1v) is 8.48. The number of nitrogens with one attached hydrogen (secondary N) is 1. The Morgan fingerprint density at radius 2 is 2.20 bits per heavy atom. The van der Waals surface area contributed by atoms with Gasteiger partial charge in [0.1, 0.15) is 6.10 Å². The molecule has 1 fully saturated rings. The molecule has 0 atom stereocenters. The maximum Gasteiger partial charge on any atom is 0.252 e. The van der Waals surface area contributed by atoms with Gasteiger partial charge in [-0.1, -0.05) is 5.16 Å². The number of pyridine rings is 1. The number of carbonyl (C=O) groups is 1. The number of nitrogens with zero attached hydrogens (tertiary/aromatic N) is 3. The van der Waals surface area contributed by atoms with Gasteiger partial charge in [-0.25, -0.2) is 4.98 Å². The summed E-state index contributed by atoms with van der Waals surface area (Å²) in [6.07, 6.45) is 4.76. The quantitative estimate of drug-likeness (QED) is 0.762. The van der Waals surface area contributed by atoms with E-state index in [1.165, 1.54) is 6.20 Å². The number of amides is 1. The molecule has 134 valence electrons. The number of aromatic nitrogens is 3. The summed E-state index contributed by atoms with van der Waals surface area (Å²) in [5.41, 5.74) is 0.507. The van der Waals surface area contributed by atoms with Crippen LogP contribution >= 0.6 is 0 Å². The van der Waals surface area contributed by atoms with Crippen LogP contribution < -0.4 is 10.1 Å². The molecule has 1 aliphatic rings. The summed E-state index contributed by atoms with van der Waals surface area (Å²) in [7, 11) is 0. The molecule has 0 radical (unpaired) electrons. The first-order valence-electron chi connectivity index (χ1n) is 8.48. The van der Waals surface area contributed by atoms with E-state index in [1.807, 2.05) is 0 Å². The Morgan fingerprint density at radius 3 is 2.88 bits per heavy atom. The van der Waals surface area contributed by atoms with Crippen LogP contribution in [0.2, 0.25) is 0 Å². The van der Waals surface area contributed by atoms with Crippen molar-refractivity contribution in [3.05, 3.63) is 35.6 Å². The number of aryl methyl sites for hydroxylation is 2. The van der Waals surface area contributed by atoms with Crippen molar-refractivity contribution in [3.8, 4) is 5.88 Å². The van der Waals surface area contributed by atoms with Gasteiger partial charge >= 0.3 is 0 Å². The SMILES string of the molecule is Cc1noc(CCCNC(=O)c2ccc(OC3CCOCC3)nc2)n1. The number of hydrogen-bond donors (Lipinski definition) is 1. The summed E-state index contributed by atoms with van der Waals surface area (Å²) in [5, 5.41) is 6.58. The minimum Gasteiger partial charge on any atom is -0.474 e. The van der Waals surface area contributed by atoms with Crippen LogP contribution in [0.3, 0.4) is 0 Å². The molecule has 1 amide bonds. The van der Waals surface area contributed by atoms with E-state index in [-0.39, 0.29) is 12.0 Å². The van der Waals surface area contributed by atoms with Gasteiger partial charge in [0.15, 0.2) is 5.82 Å². The summed E-state index contributed by atoms with van der Waals surface area (Å²) < 4.78 is 16.1. The molecule has 0 aromatic carbocycles. The topological polar surface area (TPSA) is 99.4 Å². The maximum absolute atomic E-state index is 12.1. The van der Waals surface area contributed by atoms with Gasteiger partial charge in [-0.05, 0) is 19.4 Å². The summed E-state index contributed by atoms with van der Waals surface area (Å²) in [6.45, 7) is 3.74. The molecule has 1 N–H and O–H groups in total. The smallest absolute Gasteiger partial charge is 0.252 e. The summed E-state index contributed by atoms with van der Waals surface area (Å²) in [5.74, 6) is 1.58. The standard InChI is InChI=1S/C17H22N4O4/c1-12-20-16(25-21-12)3-2-8-18-17(22)13-4-5-15(19-11-13)24-14-6-9-23-10-7-14/h4-5,11,14H,2-3,6-10H2,1H3,(H,18,22). The van der Waals surface area contributed by atoms with Crippen molar-refractivity contribution in [1.29, 1.82) is 0 Å². The first-order chi connectivity index (χ1) is 12.2. The lowest BCUT2D eigenvalue weighted by Gasteiger charge is -2.22. The fourth-order valence-electron chi connectivity index (χ4n) is 2.53. The molecule has 0 spiro atoms. The molecule has 0 unspecified atom stereocenters. The van der Waals surface area contributed by atoms with Crippen molar-refractivity contribution in [2.75, 3.05) is 19.8 Å². The minimum atomic E-state index is -0.160. The Morgan fingerprint density at radius 1 is 1.36 bits per heavy atom. The summed E-state index contributed by atoms with van der Waals surface area (Å²) in [6, 6.07) is 3.45. The summed E-state index contributed by atoms with van der Waals surface area (Å²) in [4.78, 5) is 20.4. The van der Waals surface area contributed by atoms with E-state index in [0.717, 1.165) is 19.3 Å². The molecule has 25 heavy (non-hydrogen) atoms. The molecule has 8 nitrogen and oxygen atoms in total. The zero-order valence-electron chi connectivity index (χ0n) is 14.2. The highest BCUT2D eigenvalue weighted by molar-refractivity contribution is 5.93. The van der Waals surface area contributed by atoms with Crippen molar-refractivity contribution in [1.82, 2.24) is 20.4 Å². The van der Waals surface area contributed by atoms with Gasteiger partial charge in [0.05, 0.1) is 18.8 Å². The molecule has 2 aromatic heterocycles. The van der Waals surface area contributed by atoms with Gasteiger partial charge in [0.25, 0.3) is 5.91 Å². The Bertz CT molecular complexity index is 680. The second-order valence-corrected chi connectivity index (χ2v) is 5.91. The van der Waals surface area contributed by atoms with Crippen molar-refractivity contribution in [2.45, 2.75) is 38.7 Å². The van der Waals surface area contributed by atoms with Crippen LogP contribution in [0.1, 0.15) is 41.3 Å². The lowest BCUT2D eigenvalue weighted by molar-refractivity contribution is 0.0237. The molecule has 8 heteroatoms. The Hall–Kier alpha value is -2.48. The third kappa shape index (κ3) is 5.25. The lowest BCUT2D eigenvalue weighted by Crippen LogP contribution is -2.26. The Kier molecular flexibility index (Phi) is 5.95. The van der Waals surface area contributed by atoms with E-state index in [2.05, 4.69) is 20.4 Å². The highest BCUT2D eigenvalue weighted by Crippen LogP contribution is 2.16. The average molecular weight is 346 g/mol. The van der Waals surface area contributed by atoms with E-state index in [0.29, 0.717) is 49.3 Å². The third-order valence-corrected chi connectivity index (χ3v) is 3.88. The minimum absolute atomic E-state index is 0.134. The van der Waals surface area contributed by atoms with Gasteiger partial charge in [0, 0.05) is 38.1 Å². The second kappa shape index (κ2) is 8.57. The molecule has 0 bridgehead atoms. The highest BCUT2D eigenvalue weighted by atomic mass is 16.5. The molecule has 2 aromatic rings. The van der Waals surface area contributed by atoms with E-state index < -0.39 is 0 Å². The molecule has 1 saturated heterocycles. The van der Waals surface area contributed by atoms with Crippen LogP contribution in [0.5, 0.6) is 5.88 Å². The van der Waals surface area contributed by atoms with Gasteiger partial charge in [-0.3, -0.25) is 4.79 Å². The molecule has 0 saturated carbocycles. The molecule has 3 heterocycles. The first kappa shape index (κ1) is 17.3. The molecular weight excluding hydrogens is 324 g/mol. The van der Waals surface area contributed by atoms with Crippen LogP contribution in [0, 0.1) is 6.92 Å². The van der Waals surface area contributed by atoms with Gasteiger partial charge in [-0.15, -0.1) is 0 Å². The molecule has 3 rings (SSSR count). The third-order valence-electron chi connectivity index (χ3n) is 3.88. The van der Waals surface area contributed by atoms with Crippen LogP contribution in [0.25, 0.3) is 0 Å². The zero-order valence-corrected chi connectivity index (χ0v) is 14.2. The van der Waals surface area contributed by atoms with E-state index in [4.69, 9.17) is 14.0 Å². The molecule has 0 aliphatic carbocycles. The fraction of sp³-hybridized carbons (Fsp3) is 0.529. The predicted octanol–water partition coefficient (Wildman–Crippen LogP) is 1.69. The van der Waals surface area contributed by atoms with Crippen molar-refractivity contribution in [2.24, 2.45) is 0 Å². The Balaban J connectivity index is 1.40. The number of ether oxygens (including phenoxy) is 2. The van der Waals surface area contributed by atoms with Crippen molar-refractivity contribution in [3.63, 3.8) is 0 Å². The lowest BCUT2D eigenvalue weighted by atomic mass is 10.1. The number of rotatable bonds is 7. The van der Waals surface area contributed by atoms with Crippen LogP contribution in [0.4, 0.5) is 0 Å². The average Bonchev–Trinajstić information content (AvgIpc) is 3.05. The predicted molar refractivity (Wildman–Crippen MR) is 88.4 cm³/mol. The molecular formula is C17H22N4O4. The van der Waals surface area contributed by atoms with Gasteiger partial charge in [-0.2, -0.15) is 4.98 Å². The summed E-state index contributed by atoms with van der Waals surface area (Å²) >= 11 is 0. The van der Waals surface area contributed by atoms with Crippen molar-refractivity contribution < 1.29 is 18.8 Å². The number of carbonyl (C=O) groups excluding carboxylic acids is 1. The fourth-order valence-corrected chi connectivity index (χ4v) is 2.53. The Labute approximate surface area is 145 Å². The monoisotopic (exact) mass is 346 g/mol. The van der Waals surface area contributed by atoms with Crippen LogP contribution in [-0.2, 0) is 11.2 Å². The maximum atomic E-state index is 12.1. The van der Waals surface area contributed by atoms with Gasteiger partial charge in [0.2, 0.25) is 11.8 Å². The van der Waals surface area contributed by atoms with E-state index in [9.17, 15) is 4.79 Å². The van der Waals surface area contributed by atoms with E-state index in [1.54, 1.807) is 19.1 Å². The zero-order chi connectivity index (χ0) is 17.5. The highest BCUT2D eigenvalue weighted by Gasteiger charge is 2.16. The molecule has 1 aliphatic heterocycles. The van der Waals surface area contributed by atoms with Crippen LogP contribution in [0.15, 0.2) is 22.9 Å². The number of hydrogen-bond acceptors (Lipinski definition) is 7. The van der Waals surface area contributed by atoms with Gasteiger partial charge < -0.3 is 19.3 Å². The second-order valence-electron chi connectivity index (χ2n) is 5.91. The van der Waals surface area contributed by atoms with Crippen molar-refractivity contribution >= 4 is 5.91 Å². The largest absolute Gasteiger partial charge is 0.474 e. The van der Waals surface area contributed by atoms with E-state index >= 15 is 0 Å². The normalized spacial score (nSPS) is 15.1. The van der Waals surface area contributed by atoms with Crippen LogP contribution in [-0.4, -0.2) is 46.9 Å².